The van der Waals surface area contributed by atoms with E-state index in [1.165, 1.54) is 4.90 Å². The fraction of sp³-hybridized carbons (Fsp3) is 0.640. The number of alkyl carbamates (subject to hydrolysis) is 1. The Morgan fingerprint density at radius 2 is 1.84 bits per heavy atom. The van der Waals surface area contributed by atoms with Gasteiger partial charge < -0.3 is 29.7 Å². The lowest BCUT2D eigenvalue weighted by Gasteiger charge is -2.30. The molecular formula is C25H37N5O7. The first-order valence-electron chi connectivity index (χ1n) is 12.3. The third kappa shape index (κ3) is 6.80. The number of aromatic nitrogens is 1. The molecule has 0 bridgehead atoms. The number of amides is 3. The fourth-order valence-electron chi connectivity index (χ4n) is 4.32. The van der Waals surface area contributed by atoms with Crippen LogP contribution in [-0.2, 0) is 32.2 Å². The molecule has 0 aliphatic carbocycles. The van der Waals surface area contributed by atoms with Crippen molar-refractivity contribution in [3.8, 4) is 0 Å². The van der Waals surface area contributed by atoms with E-state index in [0.29, 0.717) is 6.54 Å². The number of carboxylic acid groups (broad SMARTS) is 1. The molecule has 1 saturated heterocycles. The lowest BCUT2D eigenvalue weighted by Crippen LogP contribution is -2.54. The van der Waals surface area contributed by atoms with E-state index in [9.17, 15) is 24.3 Å². The predicted molar refractivity (Wildman–Crippen MR) is 134 cm³/mol. The Labute approximate surface area is 216 Å². The molecule has 204 valence electrons. The van der Waals surface area contributed by atoms with E-state index in [1.54, 1.807) is 34.6 Å². The van der Waals surface area contributed by atoms with Crippen molar-refractivity contribution in [2.75, 3.05) is 25.5 Å². The van der Waals surface area contributed by atoms with Gasteiger partial charge in [0.05, 0.1) is 25.3 Å². The van der Waals surface area contributed by atoms with Gasteiger partial charge in [0.15, 0.2) is 0 Å². The molecule has 2 aliphatic rings. The van der Waals surface area contributed by atoms with Gasteiger partial charge in [-0.15, -0.1) is 0 Å². The molecule has 1 fully saturated rings. The standard InChI is InChI=1S/C25H37N5O7/c1-14(2)20(27-23(34)37-25(3,4)5)21(31)30-12-16(10-18(30)22(32)33)36-24(35)29-11-15-8-9-19(28(6)7)26-17(15)13-29/h8-9,14,16,18,20H,10-13H2,1-7H3,(H,27,34)(H,32,33)/t16-,18+,20+/m1/s1. The van der Waals surface area contributed by atoms with Crippen LogP contribution in [0.1, 0.15) is 52.3 Å². The molecule has 12 nitrogen and oxygen atoms in total. The largest absolute Gasteiger partial charge is 0.480 e. The number of carbonyl (C=O) groups excluding carboxylic acids is 3. The molecule has 3 heterocycles. The summed E-state index contributed by atoms with van der Waals surface area (Å²) in [7, 11) is 3.77. The van der Waals surface area contributed by atoms with Crippen molar-refractivity contribution in [2.24, 2.45) is 5.92 Å². The highest BCUT2D eigenvalue weighted by Crippen LogP contribution is 2.27. The molecule has 3 rings (SSSR count). The highest BCUT2D eigenvalue weighted by Gasteiger charge is 2.45. The number of hydrogen-bond acceptors (Lipinski definition) is 8. The number of pyridine rings is 1. The third-order valence-corrected chi connectivity index (χ3v) is 6.18. The van der Waals surface area contributed by atoms with Gasteiger partial charge in [-0.25, -0.2) is 19.4 Å². The van der Waals surface area contributed by atoms with Gasteiger partial charge in [0.1, 0.15) is 29.6 Å². The summed E-state index contributed by atoms with van der Waals surface area (Å²) >= 11 is 0. The summed E-state index contributed by atoms with van der Waals surface area (Å²) in [6.45, 7) is 9.11. The number of carbonyl (C=O) groups is 4. The van der Waals surface area contributed by atoms with Gasteiger partial charge in [-0.05, 0) is 38.3 Å². The maximum Gasteiger partial charge on any atom is 0.410 e. The number of aliphatic carboxylic acids is 1. The van der Waals surface area contributed by atoms with Crippen molar-refractivity contribution < 1.29 is 33.8 Å². The Balaban J connectivity index is 1.66. The van der Waals surface area contributed by atoms with Gasteiger partial charge >= 0.3 is 18.2 Å². The van der Waals surface area contributed by atoms with Crippen LogP contribution in [0.5, 0.6) is 0 Å². The minimum Gasteiger partial charge on any atom is -0.480 e. The Hall–Kier alpha value is -3.57. The van der Waals surface area contributed by atoms with Crippen LogP contribution in [-0.4, -0.2) is 88.4 Å². The molecule has 0 radical (unpaired) electrons. The minimum atomic E-state index is -1.21. The SMILES string of the molecule is CC(C)[C@H](NC(=O)OC(C)(C)C)C(=O)N1C[C@H](OC(=O)N2Cc3ccc(N(C)C)nc3C2)C[C@H]1C(=O)O. The van der Waals surface area contributed by atoms with Crippen molar-refractivity contribution >= 4 is 29.9 Å². The summed E-state index contributed by atoms with van der Waals surface area (Å²) in [5.74, 6) is -1.33. The zero-order valence-corrected chi connectivity index (χ0v) is 22.5. The molecule has 0 unspecified atom stereocenters. The number of anilines is 1. The lowest BCUT2D eigenvalue weighted by atomic mass is 10.0. The zero-order valence-electron chi connectivity index (χ0n) is 22.5. The van der Waals surface area contributed by atoms with Gasteiger partial charge in [0.25, 0.3) is 0 Å². The van der Waals surface area contributed by atoms with Crippen LogP contribution in [0.25, 0.3) is 0 Å². The quantitative estimate of drug-likeness (QED) is 0.578. The Kier molecular flexibility index (Phi) is 8.19. The van der Waals surface area contributed by atoms with E-state index < -0.39 is 47.9 Å². The van der Waals surface area contributed by atoms with E-state index in [0.717, 1.165) is 22.0 Å². The van der Waals surface area contributed by atoms with Gasteiger partial charge in [-0.3, -0.25) is 9.69 Å². The first kappa shape index (κ1) is 28.0. The number of carboxylic acids is 1. The second-order valence-corrected chi connectivity index (χ2v) is 11.0. The number of rotatable bonds is 6. The molecule has 2 aliphatic heterocycles. The Morgan fingerprint density at radius 3 is 2.41 bits per heavy atom. The molecule has 0 aromatic carbocycles. The number of likely N-dealkylation sites (tertiary alicyclic amines) is 1. The highest BCUT2D eigenvalue weighted by atomic mass is 16.6. The van der Waals surface area contributed by atoms with Gasteiger partial charge in [0, 0.05) is 20.5 Å². The number of nitrogens with zero attached hydrogens (tertiary/aromatic N) is 4. The lowest BCUT2D eigenvalue weighted by molar-refractivity contribution is -0.149. The molecule has 37 heavy (non-hydrogen) atoms. The number of ether oxygens (including phenoxy) is 2. The van der Waals surface area contributed by atoms with Crippen molar-refractivity contribution in [2.45, 2.75) is 77.9 Å². The van der Waals surface area contributed by atoms with E-state index in [1.807, 2.05) is 31.1 Å². The van der Waals surface area contributed by atoms with Crippen LogP contribution >= 0.6 is 0 Å². The van der Waals surface area contributed by atoms with Crippen LogP contribution in [0.2, 0.25) is 0 Å². The number of hydrogen-bond donors (Lipinski definition) is 2. The Morgan fingerprint density at radius 1 is 1.16 bits per heavy atom. The minimum absolute atomic E-state index is 0.0477. The number of fused-ring (bicyclic) bond motifs is 1. The van der Waals surface area contributed by atoms with Crippen LogP contribution in [0.4, 0.5) is 15.4 Å². The summed E-state index contributed by atoms with van der Waals surface area (Å²) < 4.78 is 10.9. The molecule has 3 amide bonds. The summed E-state index contributed by atoms with van der Waals surface area (Å²) in [5.41, 5.74) is 0.939. The zero-order chi connectivity index (χ0) is 27.7. The molecule has 12 heteroatoms. The van der Waals surface area contributed by atoms with Gasteiger partial charge in [-0.2, -0.15) is 0 Å². The van der Waals surface area contributed by atoms with E-state index in [4.69, 9.17) is 9.47 Å². The van der Waals surface area contributed by atoms with Crippen molar-refractivity contribution in [1.29, 1.82) is 0 Å². The maximum atomic E-state index is 13.4. The summed E-state index contributed by atoms with van der Waals surface area (Å²) in [4.78, 5) is 59.6. The van der Waals surface area contributed by atoms with Crippen LogP contribution in [0.15, 0.2) is 12.1 Å². The van der Waals surface area contributed by atoms with Gasteiger partial charge in [-0.1, -0.05) is 19.9 Å². The van der Waals surface area contributed by atoms with E-state index >= 15 is 0 Å². The molecule has 0 saturated carbocycles. The first-order valence-corrected chi connectivity index (χ1v) is 12.3. The molecular weight excluding hydrogens is 482 g/mol. The van der Waals surface area contributed by atoms with Crippen molar-refractivity contribution in [3.63, 3.8) is 0 Å². The average Bonchev–Trinajstić information content (AvgIpc) is 3.39. The first-order chi connectivity index (χ1) is 17.2. The summed E-state index contributed by atoms with van der Waals surface area (Å²) in [6.07, 6.45) is -2.22. The summed E-state index contributed by atoms with van der Waals surface area (Å²) in [5, 5.41) is 12.3. The molecule has 1 aromatic heterocycles. The molecule has 1 aromatic rings. The normalized spacial score (nSPS) is 19.9. The van der Waals surface area contributed by atoms with Crippen molar-refractivity contribution in [1.82, 2.24) is 20.1 Å². The second kappa shape index (κ2) is 10.8. The maximum absolute atomic E-state index is 13.4. The molecule has 2 N–H and O–H groups in total. The van der Waals surface area contributed by atoms with Crippen LogP contribution in [0, 0.1) is 5.92 Å². The number of nitrogens with one attached hydrogen (secondary N) is 1. The topological polar surface area (TPSA) is 142 Å². The molecule has 0 spiro atoms. The van der Waals surface area contributed by atoms with E-state index in [-0.39, 0.29) is 25.4 Å². The Bertz CT molecular complexity index is 1050. The van der Waals surface area contributed by atoms with Crippen LogP contribution in [0.3, 0.4) is 0 Å². The van der Waals surface area contributed by atoms with Crippen LogP contribution < -0.4 is 10.2 Å². The monoisotopic (exact) mass is 519 g/mol. The predicted octanol–water partition coefficient (Wildman–Crippen LogP) is 2.20. The smallest absolute Gasteiger partial charge is 0.410 e. The van der Waals surface area contributed by atoms with Crippen molar-refractivity contribution in [3.05, 3.63) is 23.4 Å². The fourth-order valence-corrected chi connectivity index (χ4v) is 4.32. The van der Waals surface area contributed by atoms with Gasteiger partial charge in [0.2, 0.25) is 5.91 Å². The third-order valence-electron chi connectivity index (χ3n) is 6.18. The average molecular weight is 520 g/mol. The van der Waals surface area contributed by atoms with E-state index in [2.05, 4.69) is 10.3 Å². The summed E-state index contributed by atoms with van der Waals surface area (Å²) in [6, 6.07) is 1.61. The molecule has 3 atom stereocenters. The second-order valence-electron chi connectivity index (χ2n) is 11.0. The highest BCUT2D eigenvalue weighted by molar-refractivity contribution is 5.90.